The van der Waals surface area contributed by atoms with E-state index in [1.165, 1.54) is 26.2 Å². The Morgan fingerprint density at radius 2 is 1.55 bits per heavy atom. The molecule has 0 amide bonds. The lowest BCUT2D eigenvalue weighted by Crippen LogP contribution is -2.64. The summed E-state index contributed by atoms with van der Waals surface area (Å²) in [5.74, 6) is -2.51. The van der Waals surface area contributed by atoms with Gasteiger partial charge in [0.1, 0.15) is 59.1 Å². The highest BCUT2D eigenvalue weighted by Crippen LogP contribution is 2.40. The van der Waals surface area contributed by atoms with Crippen molar-refractivity contribution in [3.05, 3.63) is 40.6 Å². The van der Waals surface area contributed by atoms with Gasteiger partial charge in [0.05, 0.1) is 19.8 Å². The van der Waals surface area contributed by atoms with Crippen molar-refractivity contribution in [2.24, 2.45) is 0 Å². The van der Waals surface area contributed by atoms with Crippen LogP contribution in [0.1, 0.15) is 6.92 Å². The van der Waals surface area contributed by atoms with Crippen LogP contribution in [0.25, 0.3) is 22.3 Å². The molecule has 10 atom stereocenters. The minimum atomic E-state index is -1.90. The van der Waals surface area contributed by atoms with E-state index in [-0.39, 0.29) is 28.0 Å². The van der Waals surface area contributed by atoms with Crippen LogP contribution in [0.15, 0.2) is 39.5 Å². The Balaban J connectivity index is 1.63. The standard InChI is InChI=1S/C28H32O16/c1-9-18(33)21(36)23(38)27(40-9)44-26-22(37)19(34)16(8-29)42-28(26)43-25-20(35)17-14(32)6-11(39-2)7-15(17)41-24(25)10-3-4-12(30)13(31)5-10/h3-7,9,16,18-19,21-23,26-34,36-38H,8H2,1-2H3/t9-,16-,18+,19-,21+,22+,23+,26-,27+,28+/m1/s1. The molecule has 1 aromatic heterocycles. The van der Waals surface area contributed by atoms with Crippen molar-refractivity contribution >= 4 is 11.0 Å². The van der Waals surface area contributed by atoms with Gasteiger partial charge in [-0.05, 0) is 25.1 Å². The van der Waals surface area contributed by atoms with E-state index in [2.05, 4.69) is 0 Å². The first-order chi connectivity index (χ1) is 20.9. The summed E-state index contributed by atoms with van der Waals surface area (Å²) in [5.41, 5.74) is -1.14. The lowest BCUT2D eigenvalue weighted by Gasteiger charge is -2.45. The third-order valence-corrected chi connectivity index (χ3v) is 7.54. The largest absolute Gasteiger partial charge is 0.507 e. The van der Waals surface area contributed by atoms with Gasteiger partial charge in [-0.1, -0.05) is 0 Å². The summed E-state index contributed by atoms with van der Waals surface area (Å²) in [6, 6.07) is 5.88. The van der Waals surface area contributed by atoms with Crippen LogP contribution < -0.4 is 14.9 Å². The number of methoxy groups -OCH3 is 1. The molecule has 16 nitrogen and oxygen atoms in total. The molecule has 2 aromatic carbocycles. The molecule has 0 saturated carbocycles. The molecule has 16 heteroatoms. The Kier molecular flexibility index (Phi) is 8.90. The number of fused-ring (bicyclic) bond motifs is 1. The molecule has 240 valence electrons. The van der Waals surface area contributed by atoms with Crippen molar-refractivity contribution in [2.75, 3.05) is 13.7 Å². The van der Waals surface area contributed by atoms with Crippen LogP contribution in [-0.4, -0.2) is 121 Å². The van der Waals surface area contributed by atoms with E-state index in [1.54, 1.807) is 0 Å². The zero-order chi connectivity index (χ0) is 32.0. The fraction of sp³-hybridized carbons (Fsp3) is 0.464. The lowest BCUT2D eigenvalue weighted by atomic mass is 9.97. The van der Waals surface area contributed by atoms with Gasteiger partial charge in [0.2, 0.25) is 17.5 Å². The summed E-state index contributed by atoms with van der Waals surface area (Å²) in [5, 5.41) is 92.3. The first-order valence-corrected chi connectivity index (χ1v) is 13.4. The van der Waals surface area contributed by atoms with E-state index in [4.69, 9.17) is 28.1 Å². The van der Waals surface area contributed by atoms with Crippen LogP contribution in [0.5, 0.6) is 28.7 Å². The summed E-state index contributed by atoms with van der Waals surface area (Å²) in [4.78, 5) is 13.9. The quantitative estimate of drug-likeness (QED) is 0.137. The first kappa shape index (κ1) is 31.7. The van der Waals surface area contributed by atoms with E-state index >= 15 is 0 Å². The highest BCUT2D eigenvalue weighted by atomic mass is 16.8. The van der Waals surface area contributed by atoms with Crippen LogP contribution >= 0.6 is 0 Å². The van der Waals surface area contributed by atoms with E-state index in [0.717, 1.165) is 18.2 Å². The number of benzene rings is 2. The number of aliphatic hydroxyl groups is 6. The van der Waals surface area contributed by atoms with Gasteiger partial charge in [0.25, 0.3) is 0 Å². The summed E-state index contributed by atoms with van der Waals surface area (Å²) in [6.45, 7) is 0.566. The van der Waals surface area contributed by atoms with Gasteiger partial charge in [0.15, 0.2) is 29.7 Å². The summed E-state index contributed by atoms with van der Waals surface area (Å²) < 4.78 is 33.7. The van der Waals surface area contributed by atoms with Crippen LogP contribution in [0.2, 0.25) is 0 Å². The number of phenolic OH excluding ortho intramolecular Hbond substituents is 3. The number of rotatable bonds is 7. The van der Waals surface area contributed by atoms with Crippen molar-refractivity contribution in [3.63, 3.8) is 0 Å². The Labute approximate surface area is 248 Å². The molecule has 2 aliphatic rings. The van der Waals surface area contributed by atoms with E-state index in [0.29, 0.717) is 0 Å². The molecule has 0 aliphatic carbocycles. The van der Waals surface area contributed by atoms with Crippen molar-refractivity contribution in [1.82, 2.24) is 0 Å². The Morgan fingerprint density at radius 1 is 0.818 bits per heavy atom. The number of hydrogen-bond acceptors (Lipinski definition) is 16. The van der Waals surface area contributed by atoms with Gasteiger partial charge in [-0.3, -0.25) is 4.79 Å². The zero-order valence-corrected chi connectivity index (χ0v) is 23.3. The van der Waals surface area contributed by atoms with E-state index in [9.17, 15) is 50.8 Å². The van der Waals surface area contributed by atoms with Gasteiger partial charge in [-0.2, -0.15) is 0 Å². The summed E-state index contributed by atoms with van der Waals surface area (Å²) >= 11 is 0. The highest BCUT2D eigenvalue weighted by Gasteiger charge is 2.51. The van der Waals surface area contributed by atoms with Crippen molar-refractivity contribution in [3.8, 4) is 40.1 Å². The topological polar surface area (TPSA) is 258 Å². The van der Waals surface area contributed by atoms with Gasteiger partial charge < -0.3 is 74.1 Å². The third-order valence-electron chi connectivity index (χ3n) is 7.54. The molecule has 2 saturated heterocycles. The number of hydrogen-bond donors (Lipinski definition) is 9. The second kappa shape index (κ2) is 12.4. The van der Waals surface area contributed by atoms with Crippen LogP contribution in [0.4, 0.5) is 0 Å². The monoisotopic (exact) mass is 624 g/mol. The minimum Gasteiger partial charge on any atom is -0.507 e. The molecule has 44 heavy (non-hydrogen) atoms. The molecule has 3 heterocycles. The molecule has 0 radical (unpaired) electrons. The van der Waals surface area contributed by atoms with Crippen LogP contribution in [-0.2, 0) is 14.2 Å². The molecule has 2 fully saturated rings. The predicted octanol–water partition coefficient (Wildman–Crippen LogP) is -1.38. The van der Waals surface area contributed by atoms with Gasteiger partial charge >= 0.3 is 0 Å². The molecule has 0 unspecified atom stereocenters. The van der Waals surface area contributed by atoms with Crippen LogP contribution in [0.3, 0.4) is 0 Å². The van der Waals surface area contributed by atoms with Crippen molar-refractivity contribution in [1.29, 1.82) is 0 Å². The van der Waals surface area contributed by atoms with Crippen molar-refractivity contribution in [2.45, 2.75) is 68.3 Å². The lowest BCUT2D eigenvalue weighted by molar-refractivity contribution is -0.354. The Morgan fingerprint density at radius 3 is 2.20 bits per heavy atom. The van der Waals surface area contributed by atoms with Gasteiger partial charge in [-0.15, -0.1) is 0 Å². The molecule has 3 aromatic rings. The predicted molar refractivity (Wildman–Crippen MR) is 145 cm³/mol. The Hall–Kier alpha value is -3.71. The first-order valence-electron chi connectivity index (χ1n) is 13.4. The van der Waals surface area contributed by atoms with E-state index < -0.39 is 96.4 Å². The van der Waals surface area contributed by atoms with Gasteiger partial charge in [-0.25, -0.2) is 0 Å². The normalized spacial score (nSPS) is 32.5. The SMILES string of the molecule is COc1cc(O)c2c(=O)c(O[C@@H]3O[C@H](CO)[C@@H](O)[C@H](O)[C@H]3O[C@@H]3O[C@H](C)[C@H](O)[C@H](O)[C@@H]3O)c(-c3ccc(O)c(O)c3)oc2c1. The maximum absolute atomic E-state index is 13.9. The summed E-state index contributed by atoms with van der Waals surface area (Å²) in [7, 11) is 1.32. The maximum atomic E-state index is 13.9. The number of ether oxygens (including phenoxy) is 5. The molecule has 0 spiro atoms. The molecular weight excluding hydrogens is 592 g/mol. The highest BCUT2D eigenvalue weighted by molar-refractivity contribution is 5.88. The molecule has 2 aliphatic heterocycles. The molecular formula is C28H32O16. The van der Waals surface area contributed by atoms with Crippen molar-refractivity contribution < 1.29 is 74.1 Å². The molecule has 0 bridgehead atoms. The fourth-order valence-electron chi connectivity index (χ4n) is 5.03. The summed E-state index contributed by atoms with van der Waals surface area (Å²) in [6.07, 6.45) is -16.5. The number of aliphatic hydroxyl groups excluding tert-OH is 6. The zero-order valence-electron chi connectivity index (χ0n) is 23.3. The number of aromatic hydroxyl groups is 3. The Bertz CT molecular complexity index is 1560. The van der Waals surface area contributed by atoms with E-state index in [1.807, 2.05) is 0 Å². The fourth-order valence-corrected chi connectivity index (χ4v) is 5.03. The molecule has 9 N–H and O–H groups in total. The maximum Gasteiger partial charge on any atom is 0.239 e. The average molecular weight is 625 g/mol. The van der Waals surface area contributed by atoms with Crippen LogP contribution in [0, 0.1) is 0 Å². The van der Waals surface area contributed by atoms with Gasteiger partial charge in [0, 0.05) is 17.7 Å². The minimum absolute atomic E-state index is 0.00106. The number of phenols is 3. The third kappa shape index (κ3) is 5.63. The average Bonchev–Trinajstić information content (AvgIpc) is 3.00. The second-order valence-electron chi connectivity index (χ2n) is 10.4. The second-order valence-corrected chi connectivity index (χ2v) is 10.4. The smallest absolute Gasteiger partial charge is 0.239 e. The molecule has 5 rings (SSSR count).